The van der Waals surface area contributed by atoms with Crippen molar-refractivity contribution >= 4 is 0 Å². The van der Waals surface area contributed by atoms with E-state index in [4.69, 9.17) is 5.73 Å². The molecule has 5 heteroatoms. The minimum atomic E-state index is -4.19. The maximum atomic E-state index is 13.0. The van der Waals surface area contributed by atoms with E-state index in [0.717, 1.165) is 12.0 Å². The number of rotatable bonds is 4. The molecule has 2 nitrogen and oxygen atoms in total. The number of alkyl halides is 3. The van der Waals surface area contributed by atoms with Crippen LogP contribution in [0, 0.1) is 0 Å². The van der Waals surface area contributed by atoms with Gasteiger partial charge in [0, 0.05) is 6.54 Å². The minimum Gasteiger partial charge on any atom is -0.330 e. The van der Waals surface area contributed by atoms with Crippen LogP contribution in [0.25, 0.3) is 0 Å². The van der Waals surface area contributed by atoms with Gasteiger partial charge in [-0.2, -0.15) is 13.2 Å². The molecule has 1 aliphatic heterocycles. The second-order valence-corrected chi connectivity index (χ2v) is 5.03. The Labute approximate surface area is 111 Å². The number of halogens is 3. The molecule has 106 valence electrons. The lowest BCUT2D eigenvalue weighted by molar-refractivity contribution is -0.182. The van der Waals surface area contributed by atoms with Gasteiger partial charge in [-0.25, -0.2) is 0 Å². The van der Waals surface area contributed by atoms with Crippen LogP contribution < -0.4 is 5.73 Å². The molecule has 2 rings (SSSR count). The molecule has 2 atom stereocenters. The average molecular weight is 272 g/mol. The van der Waals surface area contributed by atoms with Crippen molar-refractivity contribution in [3.63, 3.8) is 0 Å². The van der Waals surface area contributed by atoms with Gasteiger partial charge in [0.05, 0.1) is 0 Å². The van der Waals surface area contributed by atoms with E-state index < -0.39 is 12.2 Å². The van der Waals surface area contributed by atoms with Gasteiger partial charge in [-0.1, -0.05) is 30.3 Å². The van der Waals surface area contributed by atoms with Crippen molar-refractivity contribution in [3.05, 3.63) is 35.9 Å². The zero-order chi connectivity index (χ0) is 13.9. The molecule has 19 heavy (non-hydrogen) atoms. The Kier molecular flexibility index (Phi) is 4.47. The average Bonchev–Trinajstić information content (AvgIpc) is 2.84. The first-order chi connectivity index (χ1) is 9.02. The van der Waals surface area contributed by atoms with E-state index in [9.17, 15) is 13.2 Å². The van der Waals surface area contributed by atoms with Crippen molar-refractivity contribution in [2.45, 2.75) is 31.0 Å². The third kappa shape index (κ3) is 3.48. The highest BCUT2D eigenvalue weighted by atomic mass is 19.4. The molecule has 0 bridgehead atoms. The van der Waals surface area contributed by atoms with E-state index in [2.05, 4.69) is 0 Å². The molecule has 0 spiro atoms. The van der Waals surface area contributed by atoms with Gasteiger partial charge >= 0.3 is 6.18 Å². The van der Waals surface area contributed by atoms with Gasteiger partial charge in [0.1, 0.15) is 6.04 Å². The lowest BCUT2D eigenvalue weighted by Gasteiger charge is -2.29. The summed E-state index contributed by atoms with van der Waals surface area (Å²) < 4.78 is 39.0. The van der Waals surface area contributed by atoms with Crippen LogP contribution in [0.15, 0.2) is 30.3 Å². The summed E-state index contributed by atoms with van der Waals surface area (Å²) >= 11 is 0. The van der Waals surface area contributed by atoms with Crippen LogP contribution in [0.5, 0.6) is 0 Å². The predicted molar refractivity (Wildman–Crippen MR) is 68.9 cm³/mol. The van der Waals surface area contributed by atoms with E-state index in [-0.39, 0.29) is 18.9 Å². The van der Waals surface area contributed by atoms with Crippen molar-refractivity contribution in [1.29, 1.82) is 0 Å². The number of nitrogens with two attached hydrogens (primary N) is 1. The second-order valence-electron chi connectivity index (χ2n) is 5.03. The molecule has 0 radical (unpaired) electrons. The highest BCUT2D eigenvalue weighted by Crippen LogP contribution is 2.34. The summed E-state index contributed by atoms with van der Waals surface area (Å²) in [7, 11) is 0. The summed E-state index contributed by atoms with van der Waals surface area (Å²) in [6.07, 6.45) is -3.43. The largest absolute Gasteiger partial charge is 0.404 e. The number of likely N-dealkylation sites (tertiary alicyclic amines) is 1. The van der Waals surface area contributed by atoms with Crippen LogP contribution in [0.1, 0.15) is 24.3 Å². The van der Waals surface area contributed by atoms with Crippen molar-refractivity contribution in [2.24, 2.45) is 5.73 Å². The van der Waals surface area contributed by atoms with E-state index in [1.54, 1.807) is 0 Å². The summed E-state index contributed by atoms with van der Waals surface area (Å²) in [6.45, 7) is 1.02. The Hall–Kier alpha value is -1.07. The Morgan fingerprint density at radius 2 is 1.95 bits per heavy atom. The van der Waals surface area contributed by atoms with Crippen LogP contribution in [0.3, 0.4) is 0 Å². The van der Waals surface area contributed by atoms with Gasteiger partial charge in [0.2, 0.25) is 0 Å². The van der Waals surface area contributed by atoms with E-state index in [0.29, 0.717) is 13.1 Å². The van der Waals surface area contributed by atoms with E-state index in [1.807, 2.05) is 30.3 Å². The quantitative estimate of drug-likeness (QED) is 0.913. The van der Waals surface area contributed by atoms with Gasteiger partial charge in [-0.05, 0) is 37.4 Å². The minimum absolute atomic E-state index is 0.0228. The Morgan fingerprint density at radius 1 is 1.26 bits per heavy atom. The Bertz CT molecular complexity index is 391. The third-order valence-corrected chi connectivity index (χ3v) is 3.75. The zero-order valence-corrected chi connectivity index (χ0v) is 10.7. The van der Waals surface area contributed by atoms with Gasteiger partial charge < -0.3 is 5.73 Å². The Morgan fingerprint density at radius 3 is 2.53 bits per heavy atom. The molecule has 2 unspecified atom stereocenters. The molecule has 1 fully saturated rings. The summed E-state index contributed by atoms with van der Waals surface area (Å²) in [5, 5.41) is 0. The first-order valence-corrected chi connectivity index (χ1v) is 6.58. The smallest absolute Gasteiger partial charge is 0.330 e. The summed E-state index contributed by atoms with van der Waals surface area (Å²) in [6, 6.07) is 8.35. The first kappa shape index (κ1) is 14.3. The SMILES string of the molecule is NCCC(N1CCC(c2ccccc2)C1)C(F)(F)F. The van der Waals surface area contributed by atoms with E-state index >= 15 is 0 Å². The topological polar surface area (TPSA) is 29.3 Å². The molecular weight excluding hydrogens is 253 g/mol. The molecule has 0 saturated carbocycles. The van der Waals surface area contributed by atoms with Crippen molar-refractivity contribution < 1.29 is 13.2 Å². The van der Waals surface area contributed by atoms with Crippen molar-refractivity contribution in [3.8, 4) is 0 Å². The van der Waals surface area contributed by atoms with Gasteiger partial charge in [-0.15, -0.1) is 0 Å². The van der Waals surface area contributed by atoms with Gasteiger partial charge in [0.25, 0.3) is 0 Å². The fourth-order valence-corrected chi connectivity index (χ4v) is 2.78. The Balaban J connectivity index is 2.04. The van der Waals surface area contributed by atoms with Gasteiger partial charge in [-0.3, -0.25) is 4.90 Å². The van der Waals surface area contributed by atoms with Crippen LogP contribution in [0.2, 0.25) is 0 Å². The van der Waals surface area contributed by atoms with Crippen LogP contribution in [-0.2, 0) is 0 Å². The molecule has 1 aromatic rings. The molecule has 1 aliphatic rings. The predicted octanol–water partition coefficient (Wildman–Crippen LogP) is 2.76. The summed E-state index contributed by atoms with van der Waals surface area (Å²) in [4.78, 5) is 1.53. The monoisotopic (exact) mass is 272 g/mol. The first-order valence-electron chi connectivity index (χ1n) is 6.58. The lowest BCUT2D eigenvalue weighted by Crippen LogP contribution is -2.45. The number of hydrogen-bond donors (Lipinski definition) is 1. The summed E-state index contributed by atoms with van der Waals surface area (Å²) in [5.41, 5.74) is 6.44. The second kappa shape index (κ2) is 5.92. The molecule has 2 N–H and O–H groups in total. The molecule has 0 aliphatic carbocycles. The zero-order valence-electron chi connectivity index (χ0n) is 10.7. The molecule has 0 aromatic heterocycles. The number of nitrogens with zero attached hydrogens (tertiary/aromatic N) is 1. The number of benzene rings is 1. The molecule has 1 heterocycles. The third-order valence-electron chi connectivity index (χ3n) is 3.75. The fourth-order valence-electron chi connectivity index (χ4n) is 2.78. The summed E-state index contributed by atoms with van der Waals surface area (Å²) in [5.74, 6) is 0.198. The normalized spacial score (nSPS) is 22.6. The standard InChI is InChI=1S/C14H19F3N2/c15-14(16,17)13(6-8-18)19-9-7-12(10-19)11-4-2-1-3-5-11/h1-5,12-13H,6-10,18H2. The highest BCUT2D eigenvalue weighted by molar-refractivity contribution is 5.21. The fraction of sp³-hybridized carbons (Fsp3) is 0.571. The highest BCUT2D eigenvalue weighted by Gasteiger charge is 2.44. The number of hydrogen-bond acceptors (Lipinski definition) is 2. The van der Waals surface area contributed by atoms with Crippen LogP contribution in [0.4, 0.5) is 13.2 Å². The lowest BCUT2D eigenvalue weighted by atomic mass is 9.99. The van der Waals surface area contributed by atoms with Gasteiger partial charge in [0.15, 0.2) is 0 Å². The molecule has 1 saturated heterocycles. The molecule has 0 amide bonds. The van der Waals surface area contributed by atoms with Crippen LogP contribution >= 0.6 is 0 Å². The molecule has 1 aromatic carbocycles. The van der Waals surface area contributed by atoms with Crippen molar-refractivity contribution in [1.82, 2.24) is 4.90 Å². The van der Waals surface area contributed by atoms with Crippen LogP contribution in [-0.4, -0.2) is 36.8 Å². The van der Waals surface area contributed by atoms with E-state index in [1.165, 1.54) is 4.90 Å². The van der Waals surface area contributed by atoms with Crippen molar-refractivity contribution in [2.75, 3.05) is 19.6 Å². The molecular formula is C14H19F3N2. The maximum absolute atomic E-state index is 13.0. The maximum Gasteiger partial charge on any atom is 0.404 e.